The smallest absolute Gasteiger partial charge is 0.242 e. The number of rotatable bonds is 9. The van der Waals surface area contributed by atoms with Crippen molar-refractivity contribution in [3.8, 4) is 5.75 Å². The Bertz CT molecular complexity index is 948. The van der Waals surface area contributed by atoms with Crippen LogP contribution in [0.15, 0.2) is 24.3 Å². The van der Waals surface area contributed by atoms with E-state index < -0.39 is 0 Å². The van der Waals surface area contributed by atoms with Gasteiger partial charge >= 0.3 is 0 Å². The van der Waals surface area contributed by atoms with Gasteiger partial charge in [-0.1, -0.05) is 25.4 Å². The number of hydrogen-bond acceptors (Lipinski definition) is 5. The van der Waals surface area contributed by atoms with Crippen LogP contribution in [-0.4, -0.2) is 59.3 Å². The lowest BCUT2D eigenvalue weighted by molar-refractivity contribution is -0.123. The van der Waals surface area contributed by atoms with E-state index in [1.165, 1.54) is 0 Å². The molecule has 0 saturated carbocycles. The molecule has 2 aromatic rings. The maximum Gasteiger partial charge on any atom is 0.242 e. The number of anilines is 1. The van der Waals surface area contributed by atoms with Gasteiger partial charge < -0.3 is 10.5 Å². The summed E-state index contributed by atoms with van der Waals surface area (Å²) in [5.41, 5.74) is 7.08. The van der Waals surface area contributed by atoms with Crippen molar-refractivity contribution in [1.29, 1.82) is 0 Å². The Morgan fingerprint density at radius 1 is 1.28 bits per heavy atom. The molecule has 0 aliphatic carbocycles. The summed E-state index contributed by atoms with van der Waals surface area (Å²) in [5, 5.41) is 5.31. The number of amides is 2. The molecule has 10 heteroatoms. The molecule has 2 N–H and O–H groups in total. The lowest BCUT2D eigenvalue weighted by atomic mass is 10.2. The van der Waals surface area contributed by atoms with Gasteiger partial charge in [0.15, 0.2) is 5.82 Å². The molecule has 1 saturated heterocycles. The highest BCUT2D eigenvalue weighted by Crippen LogP contribution is 2.26. The summed E-state index contributed by atoms with van der Waals surface area (Å²) in [7, 11) is 0. The molecule has 32 heavy (non-hydrogen) atoms. The van der Waals surface area contributed by atoms with E-state index in [1.54, 1.807) is 4.90 Å². The number of aromatic nitrogens is 2. The van der Waals surface area contributed by atoms with Gasteiger partial charge in [-0.2, -0.15) is 5.10 Å². The van der Waals surface area contributed by atoms with Crippen molar-refractivity contribution in [3.63, 3.8) is 0 Å². The van der Waals surface area contributed by atoms with E-state index in [0.29, 0.717) is 49.5 Å². The van der Waals surface area contributed by atoms with Gasteiger partial charge in [-0.05, 0) is 31.0 Å². The van der Waals surface area contributed by atoms with Gasteiger partial charge in [0.1, 0.15) is 5.75 Å². The number of aryl methyl sites for hydroxylation is 1. The van der Waals surface area contributed by atoms with Gasteiger partial charge in [-0.3, -0.25) is 24.1 Å². The minimum absolute atomic E-state index is 0. The van der Waals surface area contributed by atoms with Crippen LogP contribution in [0.5, 0.6) is 5.75 Å². The molecule has 0 unspecified atom stereocenters. The molecule has 1 aliphatic rings. The first-order valence-corrected chi connectivity index (χ1v) is 10.9. The summed E-state index contributed by atoms with van der Waals surface area (Å²) in [4.78, 5) is 27.3. The summed E-state index contributed by atoms with van der Waals surface area (Å²) in [6.45, 7) is 9.22. The molecule has 0 radical (unpaired) electrons. The third-order valence-corrected chi connectivity index (χ3v) is 5.37. The number of carbonyl (C=O) groups is 2. The Balaban J connectivity index is 0.00000363. The lowest BCUT2D eigenvalue weighted by Gasteiger charge is -2.32. The van der Waals surface area contributed by atoms with Crippen LogP contribution in [0.25, 0.3) is 0 Å². The van der Waals surface area contributed by atoms with Crippen molar-refractivity contribution in [2.75, 3.05) is 37.7 Å². The number of primary amides is 1. The molecule has 1 aromatic heterocycles. The van der Waals surface area contributed by atoms with Crippen LogP contribution in [0.4, 0.5) is 5.82 Å². The maximum atomic E-state index is 12.7. The number of benzene rings is 1. The fraction of sp³-hybridized carbons (Fsp3) is 0.500. The van der Waals surface area contributed by atoms with Crippen molar-refractivity contribution in [1.82, 2.24) is 14.7 Å². The van der Waals surface area contributed by atoms with E-state index in [-0.39, 0.29) is 37.2 Å². The molecule has 3 rings (SSSR count). The normalized spacial score (nSPS) is 14.5. The van der Waals surface area contributed by atoms with Gasteiger partial charge in [0.2, 0.25) is 11.8 Å². The van der Waals surface area contributed by atoms with Gasteiger partial charge in [0, 0.05) is 48.4 Å². The molecule has 2 heterocycles. The van der Waals surface area contributed by atoms with Crippen LogP contribution in [0.1, 0.15) is 31.5 Å². The zero-order valence-corrected chi connectivity index (χ0v) is 20.3. The minimum Gasteiger partial charge on any atom is -0.493 e. The van der Waals surface area contributed by atoms with Gasteiger partial charge in [-0.25, -0.2) is 0 Å². The molecule has 0 spiro atoms. The van der Waals surface area contributed by atoms with E-state index in [1.807, 2.05) is 40.8 Å². The summed E-state index contributed by atoms with van der Waals surface area (Å²) in [6, 6.07) is 7.50. The minimum atomic E-state index is -0.359. The Hall–Kier alpha value is -2.29. The second-order valence-corrected chi connectivity index (χ2v) is 8.73. The van der Waals surface area contributed by atoms with E-state index in [0.717, 1.165) is 17.0 Å². The zero-order valence-electron chi connectivity index (χ0n) is 18.7. The second kappa shape index (κ2) is 11.5. The second-order valence-electron chi connectivity index (χ2n) is 8.30. The Kier molecular flexibility index (Phi) is 9.36. The first kappa shape index (κ1) is 26.0. The van der Waals surface area contributed by atoms with E-state index in [4.69, 9.17) is 22.1 Å². The summed E-state index contributed by atoms with van der Waals surface area (Å²) in [5.74, 6) is 1.43. The third kappa shape index (κ3) is 6.85. The number of carbonyl (C=O) groups excluding carboxylic acids is 2. The van der Waals surface area contributed by atoms with Crippen LogP contribution in [0.3, 0.4) is 0 Å². The number of nitrogens with two attached hydrogens (primary N) is 1. The van der Waals surface area contributed by atoms with Crippen molar-refractivity contribution < 1.29 is 14.3 Å². The van der Waals surface area contributed by atoms with Gasteiger partial charge in [0.25, 0.3) is 0 Å². The highest BCUT2D eigenvalue weighted by Gasteiger charge is 2.27. The average molecular weight is 484 g/mol. The van der Waals surface area contributed by atoms with Crippen LogP contribution in [-0.2, 0) is 16.1 Å². The molecule has 0 atom stereocenters. The fourth-order valence-corrected chi connectivity index (χ4v) is 3.63. The Morgan fingerprint density at radius 3 is 2.69 bits per heavy atom. The molecular formula is C22H31Cl2N5O3. The molecule has 0 bridgehead atoms. The summed E-state index contributed by atoms with van der Waals surface area (Å²) in [6.07, 6.45) is 0.252. The molecule has 1 aliphatic heterocycles. The van der Waals surface area contributed by atoms with Crippen LogP contribution < -0.4 is 15.4 Å². The number of ether oxygens (including phenoxy) is 1. The van der Waals surface area contributed by atoms with E-state index >= 15 is 0 Å². The largest absolute Gasteiger partial charge is 0.493 e. The highest BCUT2D eigenvalue weighted by molar-refractivity contribution is 6.30. The van der Waals surface area contributed by atoms with Crippen LogP contribution in [0.2, 0.25) is 5.02 Å². The number of piperazine rings is 1. The topological polar surface area (TPSA) is 93.7 Å². The third-order valence-electron chi connectivity index (χ3n) is 5.13. The SMILES string of the molecule is Cc1cc(N2CCN(CCC(N)=O)CC2=O)nn1Cc1cc(Cl)ccc1OCC(C)C.Cl. The quantitative estimate of drug-likeness (QED) is 0.591. The van der Waals surface area contributed by atoms with Crippen LogP contribution in [0, 0.1) is 12.8 Å². The Labute approximate surface area is 200 Å². The van der Waals surface area contributed by atoms with E-state index in [9.17, 15) is 9.59 Å². The van der Waals surface area contributed by atoms with Crippen molar-refractivity contribution in [2.24, 2.45) is 11.7 Å². The average Bonchev–Trinajstić information content (AvgIpc) is 3.05. The lowest BCUT2D eigenvalue weighted by Crippen LogP contribution is -2.51. The standard InChI is InChI=1S/C22H30ClN5O3.ClH/c1-15(2)14-31-19-5-4-18(23)11-17(19)12-28-16(3)10-21(25-28)27-9-8-26(13-22(27)30)7-6-20(24)29;/h4-5,10-11,15H,6-9,12-14H2,1-3H3,(H2,24,29);1H. The predicted octanol–water partition coefficient (Wildman–Crippen LogP) is 2.87. The number of nitrogens with zero attached hydrogens (tertiary/aromatic N) is 4. The molecule has 176 valence electrons. The molecule has 1 fully saturated rings. The van der Waals surface area contributed by atoms with Crippen LogP contribution >= 0.6 is 24.0 Å². The van der Waals surface area contributed by atoms with Crippen molar-refractivity contribution in [3.05, 3.63) is 40.5 Å². The number of halogens is 2. The molecule has 2 amide bonds. The van der Waals surface area contributed by atoms with Gasteiger partial charge in [-0.15, -0.1) is 12.4 Å². The molecule has 8 nitrogen and oxygen atoms in total. The monoisotopic (exact) mass is 483 g/mol. The van der Waals surface area contributed by atoms with Crippen molar-refractivity contribution in [2.45, 2.75) is 33.7 Å². The molecule has 1 aromatic carbocycles. The first-order valence-electron chi connectivity index (χ1n) is 10.5. The summed E-state index contributed by atoms with van der Waals surface area (Å²) < 4.78 is 7.81. The van der Waals surface area contributed by atoms with Gasteiger partial charge in [0.05, 0.1) is 19.7 Å². The molecular weight excluding hydrogens is 453 g/mol. The van der Waals surface area contributed by atoms with Crippen molar-refractivity contribution >= 4 is 41.6 Å². The maximum absolute atomic E-state index is 12.7. The fourth-order valence-electron chi connectivity index (χ4n) is 3.44. The first-order chi connectivity index (χ1) is 14.7. The highest BCUT2D eigenvalue weighted by atomic mass is 35.5. The zero-order chi connectivity index (χ0) is 22.5. The Morgan fingerprint density at radius 2 is 2.03 bits per heavy atom. The number of hydrogen-bond donors (Lipinski definition) is 1. The summed E-state index contributed by atoms with van der Waals surface area (Å²) >= 11 is 6.22. The van der Waals surface area contributed by atoms with E-state index in [2.05, 4.69) is 18.9 Å². The predicted molar refractivity (Wildman–Crippen MR) is 128 cm³/mol.